The minimum atomic E-state index is -1.56. The minimum absolute atomic E-state index is 0.103. The van der Waals surface area contributed by atoms with Crippen LogP contribution in [0.4, 0.5) is 5.69 Å². The lowest BCUT2D eigenvalue weighted by Gasteiger charge is -2.48. The van der Waals surface area contributed by atoms with Gasteiger partial charge in [0.05, 0.1) is 12.1 Å². The molecule has 1 spiro atoms. The fourth-order valence-corrected chi connectivity index (χ4v) is 5.92. The molecule has 7 nitrogen and oxygen atoms in total. The number of fused-ring (bicyclic) bond motifs is 3. The molecule has 178 valence electrons. The van der Waals surface area contributed by atoms with E-state index < -0.39 is 5.41 Å². The molecule has 2 N–H and O–H groups in total. The van der Waals surface area contributed by atoms with Crippen LogP contribution < -0.4 is 10.6 Å². The average molecular weight is 468 g/mol. The van der Waals surface area contributed by atoms with Crippen molar-refractivity contribution in [1.82, 2.24) is 10.0 Å². The average Bonchev–Trinajstić information content (AvgIpc) is 3.02. The number of carbonyl (C=O) groups is 2. The lowest BCUT2D eigenvalue weighted by atomic mass is 9.61. The van der Waals surface area contributed by atoms with Crippen molar-refractivity contribution >= 4 is 17.4 Å². The van der Waals surface area contributed by atoms with Crippen LogP contribution in [0.2, 0.25) is 0 Å². The highest BCUT2D eigenvalue weighted by Crippen LogP contribution is 2.58. The van der Waals surface area contributed by atoms with Gasteiger partial charge in [-0.1, -0.05) is 62.4 Å². The molecular weight excluding hydrogens is 438 g/mol. The Morgan fingerprint density at radius 2 is 1.69 bits per heavy atom. The molecule has 0 radical (unpaired) electrons. The maximum absolute atomic E-state index is 14.6. The quantitative estimate of drug-likeness (QED) is 0.741. The van der Waals surface area contributed by atoms with Gasteiger partial charge in [-0.15, -0.1) is 0 Å². The van der Waals surface area contributed by atoms with Crippen molar-refractivity contribution in [2.24, 2.45) is 11.1 Å². The molecule has 7 heteroatoms. The van der Waals surface area contributed by atoms with Gasteiger partial charge in [-0.05, 0) is 23.5 Å². The molecule has 0 fully saturated rings. The fraction of sp³-hybridized carbons (Fsp3) is 0.321. The van der Waals surface area contributed by atoms with Gasteiger partial charge in [0.2, 0.25) is 5.91 Å². The molecule has 3 aliphatic rings. The van der Waals surface area contributed by atoms with E-state index in [1.165, 1.54) is 0 Å². The third kappa shape index (κ3) is 3.14. The molecule has 2 aliphatic heterocycles. The third-order valence-electron chi connectivity index (χ3n) is 7.20. The fourth-order valence-electron chi connectivity index (χ4n) is 5.92. The van der Waals surface area contributed by atoms with Crippen molar-refractivity contribution in [3.63, 3.8) is 0 Å². The Hall–Kier alpha value is -3.89. The number of hydrazine groups is 1. The third-order valence-corrected chi connectivity index (χ3v) is 7.20. The molecule has 2 aromatic rings. The topological polar surface area (TPSA) is 93.7 Å². The summed E-state index contributed by atoms with van der Waals surface area (Å²) in [5, 5.41) is 14.0. The molecule has 1 amide bonds. The number of carbonyl (C=O) groups excluding carboxylic acids is 2. The predicted octanol–water partition coefficient (Wildman–Crippen LogP) is 3.60. The smallest absolute Gasteiger partial charge is 0.248 e. The standard InChI is InChI=1S/C28H29N5O2/c1-27(2)14-22-24(23(34)15-27)28(20(16-29)25(30)33(22)31(3)4)19-12-8-9-13-21(19)32(26(28)35)17-18-10-6-5-7-11-18/h5-13H,14-15,17,30H2,1-4H3/t28-/m0/s1. The zero-order valence-electron chi connectivity index (χ0n) is 20.5. The van der Waals surface area contributed by atoms with Crippen molar-refractivity contribution in [2.45, 2.75) is 38.6 Å². The second-order valence-corrected chi connectivity index (χ2v) is 10.4. The van der Waals surface area contributed by atoms with Crippen molar-refractivity contribution in [1.29, 1.82) is 5.26 Å². The van der Waals surface area contributed by atoms with E-state index in [-0.39, 0.29) is 28.5 Å². The van der Waals surface area contributed by atoms with E-state index in [0.717, 1.165) is 5.56 Å². The number of nitrogens with zero attached hydrogens (tertiary/aromatic N) is 4. The summed E-state index contributed by atoms with van der Waals surface area (Å²) in [6.45, 7) is 4.42. The Kier molecular flexibility index (Phi) is 5.11. The van der Waals surface area contributed by atoms with Gasteiger partial charge in [0.25, 0.3) is 0 Å². The maximum atomic E-state index is 14.6. The number of ketones is 1. The van der Waals surface area contributed by atoms with Gasteiger partial charge in [0.1, 0.15) is 17.3 Å². The molecule has 0 saturated carbocycles. The summed E-state index contributed by atoms with van der Waals surface area (Å²) in [6.07, 6.45) is 0.850. The van der Waals surface area contributed by atoms with Gasteiger partial charge in [-0.3, -0.25) is 14.6 Å². The van der Waals surface area contributed by atoms with E-state index in [0.29, 0.717) is 41.9 Å². The number of nitrogens with two attached hydrogens (primary N) is 1. The zero-order valence-corrected chi connectivity index (χ0v) is 20.5. The maximum Gasteiger partial charge on any atom is 0.248 e. The molecule has 1 aliphatic carbocycles. The Morgan fingerprint density at radius 3 is 2.34 bits per heavy atom. The van der Waals surface area contributed by atoms with E-state index in [4.69, 9.17) is 5.73 Å². The first-order valence-corrected chi connectivity index (χ1v) is 11.7. The summed E-state index contributed by atoms with van der Waals surface area (Å²) in [6, 6.07) is 19.4. The molecule has 0 bridgehead atoms. The van der Waals surface area contributed by atoms with Crippen LogP contribution in [0, 0.1) is 16.7 Å². The summed E-state index contributed by atoms with van der Waals surface area (Å²) in [5.74, 6) is -0.236. The Morgan fingerprint density at radius 1 is 1.03 bits per heavy atom. The predicted molar refractivity (Wildman–Crippen MR) is 133 cm³/mol. The second-order valence-electron chi connectivity index (χ2n) is 10.4. The summed E-state index contributed by atoms with van der Waals surface area (Å²) in [7, 11) is 3.64. The SMILES string of the molecule is CN(C)N1C(N)=C(C#N)[C@]2(C(=O)N(Cc3ccccc3)c3ccccc32)C2=C1CC(C)(C)CC2=O. The van der Waals surface area contributed by atoms with Crippen LogP contribution in [0.25, 0.3) is 0 Å². The first kappa shape index (κ1) is 22.9. The number of hydrogen-bond donors (Lipinski definition) is 1. The molecular formula is C28H29N5O2. The van der Waals surface area contributed by atoms with Crippen LogP contribution >= 0.6 is 0 Å². The van der Waals surface area contributed by atoms with Crippen LogP contribution in [0.3, 0.4) is 0 Å². The van der Waals surface area contributed by atoms with E-state index in [1.54, 1.807) is 14.9 Å². The van der Waals surface area contributed by atoms with Gasteiger partial charge in [0, 0.05) is 43.0 Å². The van der Waals surface area contributed by atoms with Gasteiger partial charge in [-0.2, -0.15) is 5.26 Å². The molecule has 0 aromatic heterocycles. The van der Waals surface area contributed by atoms with Gasteiger partial charge >= 0.3 is 0 Å². The number of anilines is 1. The van der Waals surface area contributed by atoms with Crippen LogP contribution in [-0.2, 0) is 21.5 Å². The highest BCUT2D eigenvalue weighted by atomic mass is 16.2. The first-order valence-electron chi connectivity index (χ1n) is 11.7. The first-order chi connectivity index (χ1) is 16.6. The molecule has 1 atom stereocenters. The van der Waals surface area contributed by atoms with E-state index in [9.17, 15) is 14.9 Å². The van der Waals surface area contributed by atoms with Gasteiger partial charge in [-0.25, -0.2) is 5.01 Å². The Balaban J connectivity index is 1.83. The molecule has 0 unspecified atom stereocenters. The van der Waals surface area contributed by atoms with E-state index in [1.807, 2.05) is 82.5 Å². The normalized spacial score (nSPS) is 23.2. The lowest BCUT2D eigenvalue weighted by molar-refractivity contribution is -0.126. The summed E-state index contributed by atoms with van der Waals surface area (Å²) < 4.78 is 0. The number of hydrogen-bond acceptors (Lipinski definition) is 6. The number of allylic oxidation sites excluding steroid dienone is 1. The summed E-state index contributed by atoms with van der Waals surface area (Å²) in [4.78, 5) is 30.2. The van der Waals surface area contributed by atoms with E-state index >= 15 is 0 Å². The summed E-state index contributed by atoms with van der Waals surface area (Å²) in [5.41, 5.74) is 8.28. The van der Waals surface area contributed by atoms with Crippen LogP contribution in [0.15, 0.2) is 77.3 Å². The Bertz CT molecular complexity index is 1350. The van der Waals surface area contributed by atoms with E-state index in [2.05, 4.69) is 6.07 Å². The number of rotatable bonds is 3. The van der Waals surface area contributed by atoms with Crippen molar-refractivity contribution in [2.75, 3.05) is 19.0 Å². The van der Waals surface area contributed by atoms with Crippen LogP contribution in [-0.4, -0.2) is 35.8 Å². The Labute approximate surface area is 205 Å². The number of amides is 1. The molecule has 0 saturated heterocycles. The minimum Gasteiger partial charge on any atom is -0.383 e. The number of benzene rings is 2. The number of nitriles is 1. The molecule has 5 rings (SSSR count). The van der Waals surface area contributed by atoms with Crippen molar-refractivity contribution < 1.29 is 9.59 Å². The number of para-hydroxylation sites is 1. The molecule has 2 heterocycles. The largest absolute Gasteiger partial charge is 0.383 e. The number of Topliss-reactive ketones (excluding diaryl/α,β-unsaturated/α-hetero) is 1. The second kappa shape index (κ2) is 7.82. The molecule has 2 aromatic carbocycles. The van der Waals surface area contributed by atoms with Crippen LogP contribution in [0.1, 0.15) is 37.8 Å². The highest BCUT2D eigenvalue weighted by Gasteiger charge is 2.63. The lowest BCUT2D eigenvalue weighted by Crippen LogP contribution is -2.55. The zero-order chi connectivity index (χ0) is 25.1. The van der Waals surface area contributed by atoms with Crippen LogP contribution in [0.5, 0.6) is 0 Å². The van der Waals surface area contributed by atoms with Gasteiger partial charge < -0.3 is 10.6 Å². The van der Waals surface area contributed by atoms with Gasteiger partial charge in [0.15, 0.2) is 5.78 Å². The monoisotopic (exact) mass is 467 g/mol. The van der Waals surface area contributed by atoms with Crippen molar-refractivity contribution in [3.8, 4) is 6.07 Å². The summed E-state index contributed by atoms with van der Waals surface area (Å²) >= 11 is 0. The van der Waals surface area contributed by atoms with Crippen molar-refractivity contribution in [3.05, 3.63) is 88.4 Å². The molecule has 35 heavy (non-hydrogen) atoms. The highest BCUT2D eigenvalue weighted by molar-refractivity contribution is 6.20.